The van der Waals surface area contributed by atoms with Crippen molar-refractivity contribution in [3.05, 3.63) is 101 Å². The van der Waals surface area contributed by atoms with Crippen molar-refractivity contribution in [1.82, 2.24) is 10.2 Å². The van der Waals surface area contributed by atoms with Crippen molar-refractivity contribution in [1.29, 1.82) is 0 Å². The van der Waals surface area contributed by atoms with Crippen LogP contribution in [-0.2, 0) is 24.4 Å². The summed E-state index contributed by atoms with van der Waals surface area (Å²) in [5, 5.41) is 3.98. The minimum absolute atomic E-state index is 0.223. The van der Waals surface area contributed by atoms with E-state index in [0.717, 1.165) is 49.2 Å². The number of furan rings is 1. The number of nitrogens with zero attached hydrogens (tertiary/aromatic N) is 2. The van der Waals surface area contributed by atoms with Crippen molar-refractivity contribution < 1.29 is 13.9 Å². The van der Waals surface area contributed by atoms with Gasteiger partial charge in [-0.05, 0) is 29.3 Å². The van der Waals surface area contributed by atoms with Gasteiger partial charge in [0.2, 0.25) is 0 Å². The molecule has 35 heavy (non-hydrogen) atoms. The van der Waals surface area contributed by atoms with Crippen LogP contribution < -0.4 is 10.2 Å². The highest BCUT2D eigenvalue weighted by Crippen LogP contribution is 2.27. The van der Waals surface area contributed by atoms with Crippen LogP contribution in [0.15, 0.2) is 83.3 Å². The van der Waals surface area contributed by atoms with Crippen LogP contribution in [0, 0.1) is 0 Å². The molecule has 1 fully saturated rings. The molecule has 0 bridgehead atoms. The Bertz CT molecular complexity index is 1280. The lowest BCUT2D eigenvalue weighted by Crippen LogP contribution is -2.46. The maximum absolute atomic E-state index is 13.1. The van der Waals surface area contributed by atoms with Crippen LogP contribution in [0.25, 0.3) is 11.0 Å². The van der Waals surface area contributed by atoms with Gasteiger partial charge in [0.05, 0.1) is 6.61 Å². The number of anilines is 1. The summed E-state index contributed by atoms with van der Waals surface area (Å²) >= 11 is 0. The average molecular weight is 470 g/mol. The highest BCUT2D eigenvalue weighted by molar-refractivity contribution is 5.99. The molecule has 5 rings (SSSR count). The molecule has 0 atom stereocenters. The molecule has 1 aliphatic rings. The number of rotatable bonds is 8. The lowest BCUT2D eigenvalue weighted by molar-refractivity contribution is 0.0918. The third-order valence-corrected chi connectivity index (χ3v) is 6.64. The Morgan fingerprint density at radius 3 is 2.34 bits per heavy atom. The van der Waals surface area contributed by atoms with Crippen LogP contribution in [0.5, 0.6) is 0 Å². The van der Waals surface area contributed by atoms with E-state index in [1.807, 2.05) is 30.3 Å². The zero-order chi connectivity index (χ0) is 24.0. The summed E-state index contributed by atoms with van der Waals surface area (Å²) in [6.07, 6.45) is 0. The molecule has 6 heteroatoms. The van der Waals surface area contributed by atoms with Crippen molar-refractivity contribution in [2.24, 2.45) is 0 Å². The number of ether oxygens (including phenoxy) is 1. The molecule has 1 amide bonds. The Morgan fingerprint density at radius 2 is 1.57 bits per heavy atom. The minimum atomic E-state index is -0.223. The van der Waals surface area contributed by atoms with Gasteiger partial charge in [-0.25, -0.2) is 0 Å². The Hall–Kier alpha value is -3.61. The van der Waals surface area contributed by atoms with Crippen LogP contribution in [0.3, 0.4) is 0 Å². The Balaban J connectivity index is 1.23. The third kappa shape index (κ3) is 5.24. The second kappa shape index (κ2) is 10.8. The van der Waals surface area contributed by atoms with Gasteiger partial charge in [0.15, 0.2) is 5.76 Å². The fraction of sp³-hybridized carbons (Fsp3) is 0.276. The van der Waals surface area contributed by atoms with E-state index < -0.39 is 0 Å². The quantitative estimate of drug-likeness (QED) is 0.401. The Morgan fingerprint density at radius 1 is 0.886 bits per heavy atom. The number of piperazine rings is 1. The van der Waals surface area contributed by atoms with E-state index in [4.69, 9.17) is 9.15 Å². The van der Waals surface area contributed by atoms with Gasteiger partial charge in [-0.1, -0.05) is 60.7 Å². The number of carbonyl (C=O) groups excluding carboxylic acids is 1. The molecule has 0 aliphatic carbocycles. The first-order valence-electron chi connectivity index (χ1n) is 12.1. The third-order valence-electron chi connectivity index (χ3n) is 6.64. The summed E-state index contributed by atoms with van der Waals surface area (Å²) in [4.78, 5) is 18.0. The molecule has 0 unspecified atom stereocenters. The number of hydrogen-bond donors (Lipinski definition) is 1. The van der Waals surface area contributed by atoms with Crippen LogP contribution >= 0.6 is 0 Å². The van der Waals surface area contributed by atoms with Crippen LogP contribution in [0.4, 0.5) is 5.69 Å². The lowest BCUT2D eigenvalue weighted by atomic mass is 10.1. The summed E-state index contributed by atoms with van der Waals surface area (Å²) in [7, 11) is 1.62. The first-order valence-corrected chi connectivity index (χ1v) is 12.1. The fourth-order valence-electron chi connectivity index (χ4n) is 4.75. The lowest BCUT2D eigenvalue weighted by Gasteiger charge is -2.36. The van der Waals surface area contributed by atoms with Gasteiger partial charge >= 0.3 is 0 Å². The topological polar surface area (TPSA) is 58.0 Å². The normalized spacial score (nSPS) is 14.4. The van der Waals surface area contributed by atoms with E-state index in [-0.39, 0.29) is 5.91 Å². The van der Waals surface area contributed by atoms with E-state index in [1.54, 1.807) is 7.11 Å². The Kier molecular flexibility index (Phi) is 7.12. The summed E-state index contributed by atoms with van der Waals surface area (Å²) in [5.41, 5.74) is 5.12. The first kappa shape index (κ1) is 23.1. The molecule has 0 spiro atoms. The number of benzene rings is 3. The maximum Gasteiger partial charge on any atom is 0.287 e. The molecule has 0 saturated carbocycles. The molecule has 6 nitrogen and oxygen atoms in total. The predicted molar refractivity (Wildman–Crippen MR) is 138 cm³/mol. The number of nitrogens with one attached hydrogen (secondary N) is 1. The van der Waals surface area contributed by atoms with Gasteiger partial charge in [-0.2, -0.15) is 0 Å². The van der Waals surface area contributed by atoms with Gasteiger partial charge in [0, 0.05) is 63.0 Å². The van der Waals surface area contributed by atoms with Crippen molar-refractivity contribution >= 4 is 22.6 Å². The Labute approximate surface area is 206 Å². The molecule has 1 aromatic heterocycles. The predicted octanol–water partition coefficient (Wildman–Crippen LogP) is 4.83. The second-order valence-corrected chi connectivity index (χ2v) is 8.89. The molecule has 1 aliphatic heterocycles. The smallest absolute Gasteiger partial charge is 0.287 e. The van der Waals surface area contributed by atoms with Gasteiger partial charge in [-0.3, -0.25) is 9.69 Å². The largest absolute Gasteiger partial charge is 0.451 e. The van der Waals surface area contributed by atoms with E-state index in [9.17, 15) is 4.79 Å². The number of carbonyl (C=O) groups is 1. The van der Waals surface area contributed by atoms with Crippen molar-refractivity contribution in [3.8, 4) is 0 Å². The average Bonchev–Trinajstić information content (AvgIpc) is 3.28. The van der Waals surface area contributed by atoms with Gasteiger partial charge in [0.25, 0.3) is 5.91 Å². The highest BCUT2D eigenvalue weighted by Gasteiger charge is 2.21. The molecule has 0 radical (unpaired) electrons. The number of para-hydroxylation sites is 2. The molecule has 180 valence electrons. The van der Waals surface area contributed by atoms with Crippen molar-refractivity contribution in [2.45, 2.75) is 19.7 Å². The molecule has 4 aromatic rings. The first-order chi connectivity index (χ1) is 17.2. The molecule has 1 N–H and O–H groups in total. The number of methoxy groups -OCH3 is 1. The maximum atomic E-state index is 13.1. The zero-order valence-corrected chi connectivity index (χ0v) is 20.1. The van der Waals surface area contributed by atoms with Gasteiger partial charge in [0.1, 0.15) is 5.58 Å². The molecule has 2 heterocycles. The molecule has 1 saturated heterocycles. The van der Waals surface area contributed by atoms with Crippen molar-refractivity contribution in [2.75, 3.05) is 38.2 Å². The number of fused-ring (bicyclic) bond motifs is 1. The van der Waals surface area contributed by atoms with Crippen LogP contribution in [0.1, 0.15) is 27.2 Å². The molecular weight excluding hydrogens is 438 g/mol. The summed E-state index contributed by atoms with van der Waals surface area (Å²) < 4.78 is 11.2. The minimum Gasteiger partial charge on any atom is -0.451 e. The molecular formula is C29H31N3O3. The van der Waals surface area contributed by atoms with E-state index >= 15 is 0 Å². The fourth-order valence-corrected chi connectivity index (χ4v) is 4.75. The standard InChI is InChI=1S/C29H31N3O3/c1-34-21-26-25-13-7-8-14-27(25)35-28(26)29(33)30-19-22-9-5-6-10-23(22)20-31-15-17-32(18-16-31)24-11-3-2-4-12-24/h2-14H,15-21H2,1H3,(H,30,33). The second-order valence-electron chi connectivity index (χ2n) is 8.89. The van der Waals surface area contributed by atoms with Crippen molar-refractivity contribution in [3.63, 3.8) is 0 Å². The number of hydrogen-bond acceptors (Lipinski definition) is 5. The van der Waals surface area contributed by atoms with Crippen LogP contribution in [-0.4, -0.2) is 44.1 Å². The van der Waals surface area contributed by atoms with E-state index in [0.29, 0.717) is 24.5 Å². The SMILES string of the molecule is COCc1c(C(=O)NCc2ccccc2CN2CCN(c3ccccc3)CC2)oc2ccccc12. The zero-order valence-electron chi connectivity index (χ0n) is 20.1. The summed E-state index contributed by atoms with van der Waals surface area (Å²) in [6, 6.07) is 26.6. The van der Waals surface area contributed by atoms with E-state index in [2.05, 4.69) is 63.6 Å². The molecule has 3 aromatic carbocycles. The van der Waals surface area contributed by atoms with Gasteiger partial charge in [-0.15, -0.1) is 0 Å². The van der Waals surface area contributed by atoms with E-state index in [1.165, 1.54) is 11.3 Å². The monoisotopic (exact) mass is 469 g/mol. The van der Waals surface area contributed by atoms with Gasteiger partial charge < -0.3 is 19.4 Å². The summed E-state index contributed by atoms with van der Waals surface area (Å²) in [6.45, 7) is 5.68. The summed E-state index contributed by atoms with van der Waals surface area (Å²) in [5.74, 6) is 0.0992. The highest BCUT2D eigenvalue weighted by atomic mass is 16.5. The number of amides is 1. The van der Waals surface area contributed by atoms with Crippen LogP contribution in [0.2, 0.25) is 0 Å².